The smallest absolute Gasteiger partial charge is 0.308 e. The number of fused-ring (bicyclic) bond motifs is 2. The number of rotatable bonds is 1. The van der Waals surface area contributed by atoms with Crippen LogP contribution in [-0.2, 0) is 4.79 Å². The van der Waals surface area contributed by atoms with E-state index in [4.69, 9.17) is 10.8 Å². The van der Waals surface area contributed by atoms with E-state index >= 15 is 0 Å². The Morgan fingerprint density at radius 1 is 1.42 bits per heavy atom. The molecule has 0 radical (unpaired) electrons. The molecule has 0 aromatic carbocycles. The maximum absolute atomic E-state index is 10.7. The fourth-order valence-electron chi connectivity index (χ4n) is 2.74. The summed E-state index contributed by atoms with van der Waals surface area (Å²) in [7, 11) is 0. The topological polar surface area (TPSA) is 83.5 Å². The van der Waals surface area contributed by atoms with Crippen LogP contribution in [0.15, 0.2) is 0 Å². The van der Waals surface area contributed by atoms with E-state index < -0.39 is 11.9 Å². The number of aliphatic hydroxyl groups is 1. The third-order valence-electron chi connectivity index (χ3n) is 3.32. The van der Waals surface area contributed by atoms with Crippen LogP contribution in [-0.4, -0.2) is 28.3 Å². The minimum Gasteiger partial charge on any atom is -0.481 e. The molecule has 2 rings (SSSR count). The van der Waals surface area contributed by atoms with Gasteiger partial charge in [-0.2, -0.15) is 0 Å². The second kappa shape index (κ2) is 2.44. The van der Waals surface area contributed by atoms with Gasteiger partial charge in [0.2, 0.25) is 0 Å². The first-order chi connectivity index (χ1) is 5.61. The van der Waals surface area contributed by atoms with Crippen LogP contribution in [0.2, 0.25) is 0 Å². The van der Waals surface area contributed by atoms with Gasteiger partial charge in [0.05, 0.1) is 12.0 Å². The molecule has 0 aliphatic heterocycles. The summed E-state index contributed by atoms with van der Waals surface area (Å²) >= 11 is 0. The molecule has 2 aliphatic carbocycles. The van der Waals surface area contributed by atoms with Crippen molar-refractivity contribution in [2.24, 2.45) is 23.5 Å². The highest BCUT2D eigenvalue weighted by Gasteiger charge is 2.53. The molecule has 4 N–H and O–H groups in total. The summed E-state index contributed by atoms with van der Waals surface area (Å²) < 4.78 is 0. The highest BCUT2D eigenvalue weighted by atomic mass is 16.4. The van der Waals surface area contributed by atoms with E-state index in [9.17, 15) is 9.90 Å². The number of hydrogen-bond donors (Lipinski definition) is 3. The van der Waals surface area contributed by atoms with Gasteiger partial charge >= 0.3 is 5.97 Å². The molecule has 5 atom stereocenters. The highest BCUT2D eigenvalue weighted by Crippen LogP contribution is 2.47. The summed E-state index contributed by atoms with van der Waals surface area (Å²) in [6.45, 7) is 0. The number of aliphatic hydroxyl groups excluding tert-OH is 1. The Morgan fingerprint density at radius 3 is 2.50 bits per heavy atom. The van der Waals surface area contributed by atoms with Gasteiger partial charge in [0.1, 0.15) is 0 Å². The lowest BCUT2D eigenvalue weighted by molar-refractivity contribution is -0.144. The van der Waals surface area contributed by atoms with Gasteiger partial charge in [0.15, 0.2) is 0 Å². The molecule has 2 bridgehead atoms. The Morgan fingerprint density at radius 2 is 2.08 bits per heavy atom. The van der Waals surface area contributed by atoms with E-state index in [1.54, 1.807) is 0 Å². The van der Waals surface area contributed by atoms with E-state index in [2.05, 4.69) is 0 Å². The summed E-state index contributed by atoms with van der Waals surface area (Å²) in [6, 6.07) is -0.337. The molecular weight excluding hydrogens is 158 g/mol. The largest absolute Gasteiger partial charge is 0.481 e. The van der Waals surface area contributed by atoms with E-state index in [0.717, 1.165) is 6.42 Å². The van der Waals surface area contributed by atoms with Crippen LogP contribution in [0.25, 0.3) is 0 Å². The average molecular weight is 171 g/mol. The monoisotopic (exact) mass is 171 g/mol. The summed E-state index contributed by atoms with van der Waals surface area (Å²) in [5, 5.41) is 18.2. The molecular formula is C8H13NO3. The summed E-state index contributed by atoms with van der Waals surface area (Å²) in [4.78, 5) is 10.7. The summed E-state index contributed by atoms with van der Waals surface area (Å²) in [6.07, 6.45) is 1.05. The molecule has 0 spiro atoms. The van der Waals surface area contributed by atoms with Crippen LogP contribution in [0.5, 0.6) is 0 Å². The molecule has 4 nitrogen and oxygen atoms in total. The van der Waals surface area contributed by atoms with E-state index in [1.165, 1.54) is 0 Å². The van der Waals surface area contributed by atoms with Gasteiger partial charge in [-0.15, -0.1) is 0 Å². The van der Waals surface area contributed by atoms with Gasteiger partial charge in [-0.1, -0.05) is 0 Å². The molecule has 0 saturated heterocycles. The third-order valence-corrected chi connectivity index (χ3v) is 3.32. The second-order valence-corrected chi connectivity index (χ2v) is 3.90. The van der Waals surface area contributed by atoms with E-state index in [0.29, 0.717) is 6.42 Å². The molecule has 0 heterocycles. The quantitative estimate of drug-likeness (QED) is 0.492. The Labute approximate surface area is 70.4 Å². The normalized spacial score (nSPS) is 51.3. The maximum Gasteiger partial charge on any atom is 0.308 e. The van der Waals surface area contributed by atoms with Gasteiger partial charge in [-0.05, 0) is 18.8 Å². The minimum atomic E-state index is -0.804. The zero-order valence-corrected chi connectivity index (χ0v) is 6.68. The van der Waals surface area contributed by atoms with Crippen LogP contribution in [0, 0.1) is 17.8 Å². The van der Waals surface area contributed by atoms with Crippen molar-refractivity contribution in [3.05, 3.63) is 0 Å². The van der Waals surface area contributed by atoms with Crippen LogP contribution in [0.4, 0.5) is 0 Å². The first-order valence-corrected chi connectivity index (χ1v) is 4.27. The lowest BCUT2D eigenvalue weighted by Gasteiger charge is -2.27. The molecule has 0 aromatic heterocycles. The SMILES string of the molecule is N[C@H]1[C@@H]2C[C@@H](C[C@@H]2O)[C@H]1C(=O)O. The van der Waals surface area contributed by atoms with Crippen LogP contribution in [0.3, 0.4) is 0 Å². The lowest BCUT2D eigenvalue weighted by Crippen LogP contribution is -2.45. The molecule has 68 valence electrons. The van der Waals surface area contributed by atoms with E-state index in [-0.39, 0.29) is 24.0 Å². The number of aliphatic carboxylic acids is 1. The standard InChI is InChI=1S/C8H13NO3/c9-7-4-1-3(2-5(4)10)6(7)8(11)12/h3-7,10H,1-2,9H2,(H,11,12)/t3-,4+,5-,6+,7-/m0/s1. The zero-order valence-electron chi connectivity index (χ0n) is 6.68. The fraction of sp³-hybridized carbons (Fsp3) is 0.875. The molecule has 2 aliphatic rings. The fourth-order valence-corrected chi connectivity index (χ4v) is 2.74. The van der Waals surface area contributed by atoms with Crippen molar-refractivity contribution in [3.63, 3.8) is 0 Å². The Balaban J connectivity index is 2.18. The van der Waals surface area contributed by atoms with Crippen LogP contribution in [0.1, 0.15) is 12.8 Å². The van der Waals surface area contributed by atoms with Crippen molar-refractivity contribution in [1.82, 2.24) is 0 Å². The first kappa shape index (κ1) is 8.01. The lowest BCUT2D eigenvalue weighted by atomic mass is 9.83. The van der Waals surface area contributed by atoms with Gasteiger partial charge in [0.25, 0.3) is 0 Å². The van der Waals surface area contributed by atoms with Crippen molar-refractivity contribution >= 4 is 5.97 Å². The zero-order chi connectivity index (χ0) is 8.88. The molecule has 0 amide bonds. The van der Waals surface area contributed by atoms with Crippen molar-refractivity contribution in [2.75, 3.05) is 0 Å². The van der Waals surface area contributed by atoms with E-state index in [1.807, 2.05) is 0 Å². The van der Waals surface area contributed by atoms with Gasteiger partial charge in [-0.25, -0.2) is 0 Å². The molecule has 4 heteroatoms. The number of carboxylic acid groups (broad SMARTS) is 1. The van der Waals surface area contributed by atoms with Crippen LogP contribution >= 0.6 is 0 Å². The predicted molar refractivity (Wildman–Crippen MR) is 41.3 cm³/mol. The number of carbonyl (C=O) groups is 1. The van der Waals surface area contributed by atoms with Crippen molar-refractivity contribution in [1.29, 1.82) is 0 Å². The third kappa shape index (κ3) is 0.881. The van der Waals surface area contributed by atoms with Gasteiger partial charge in [-0.3, -0.25) is 4.79 Å². The van der Waals surface area contributed by atoms with Crippen molar-refractivity contribution in [2.45, 2.75) is 25.0 Å². The molecule has 2 fully saturated rings. The maximum atomic E-state index is 10.7. The molecule has 2 saturated carbocycles. The molecule has 0 aromatic rings. The molecule has 12 heavy (non-hydrogen) atoms. The Hall–Kier alpha value is -0.610. The van der Waals surface area contributed by atoms with Crippen LogP contribution < -0.4 is 5.73 Å². The summed E-state index contributed by atoms with van der Waals surface area (Å²) in [5.41, 5.74) is 5.71. The highest BCUT2D eigenvalue weighted by molar-refractivity contribution is 5.72. The average Bonchev–Trinajstić information content (AvgIpc) is 2.42. The predicted octanol–water partition coefficient (Wildman–Crippen LogP) is -0.585. The first-order valence-electron chi connectivity index (χ1n) is 4.27. The minimum absolute atomic E-state index is 0.0242. The second-order valence-electron chi connectivity index (χ2n) is 3.90. The number of hydrogen-bond acceptors (Lipinski definition) is 3. The Kier molecular flexibility index (Phi) is 1.63. The van der Waals surface area contributed by atoms with Crippen molar-refractivity contribution < 1.29 is 15.0 Å². The Bertz CT molecular complexity index is 216. The summed E-state index contributed by atoms with van der Waals surface area (Å²) in [5.74, 6) is -1.09. The molecule has 0 unspecified atom stereocenters. The van der Waals surface area contributed by atoms with Gasteiger partial charge in [0, 0.05) is 12.0 Å². The van der Waals surface area contributed by atoms with Gasteiger partial charge < -0.3 is 15.9 Å². The van der Waals surface area contributed by atoms with Crippen molar-refractivity contribution in [3.8, 4) is 0 Å². The number of nitrogens with two attached hydrogens (primary N) is 1. The number of carboxylic acids is 1.